The van der Waals surface area contributed by atoms with Gasteiger partial charge in [0, 0.05) is 24.2 Å². The minimum absolute atomic E-state index is 0.188. The standard InChI is InChI=1S/C13H15NO2/c1-8-7-11-9(2)10(4-6-13(15)16)3-5-12(11)14-8/h3,5,14H,1,4,6-7H2,2H3,(H,15,16). The van der Waals surface area contributed by atoms with E-state index in [1.165, 1.54) is 11.1 Å². The molecule has 1 aliphatic rings. The summed E-state index contributed by atoms with van der Waals surface area (Å²) in [5, 5.41) is 11.9. The zero-order chi connectivity index (χ0) is 11.7. The molecule has 1 heterocycles. The van der Waals surface area contributed by atoms with Crippen molar-refractivity contribution in [2.75, 3.05) is 5.32 Å². The Morgan fingerprint density at radius 1 is 1.56 bits per heavy atom. The summed E-state index contributed by atoms with van der Waals surface area (Å²) in [5.41, 5.74) is 5.70. The summed E-state index contributed by atoms with van der Waals surface area (Å²) >= 11 is 0. The van der Waals surface area contributed by atoms with Crippen molar-refractivity contribution in [3.8, 4) is 0 Å². The Morgan fingerprint density at radius 3 is 3.00 bits per heavy atom. The number of fused-ring (bicyclic) bond motifs is 1. The van der Waals surface area contributed by atoms with Gasteiger partial charge in [-0.2, -0.15) is 0 Å². The van der Waals surface area contributed by atoms with E-state index in [4.69, 9.17) is 5.11 Å². The molecule has 2 rings (SSSR count). The van der Waals surface area contributed by atoms with E-state index < -0.39 is 5.97 Å². The van der Waals surface area contributed by atoms with Crippen molar-refractivity contribution < 1.29 is 9.90 Å². The predicted octanol–water partition coefficient (Wildman–Crippen LogP) is 2.49. The first-order valence-corrected chi connectivity index (χ1v) is 5.36. The van der Waals surface area contributed by atoms with Crippen LogP contribution in [0, 0.1) is 6.92 Å². The van der Waals surface area contributed by atoms with E-state index in [-0.39, 0.29) is 6.42 Å². The fourth-order valence-electron chi connectivity index (χ4n) is 2.11. The van der Waals surface area contributed by atoms with E-state index in [0.29, 0.717) is 6.42 Å². The van der Waals surface area contributed by atoms with E-state index in [1.54, 1.807) is 0 Å². The van der Waals surface area contributed by atoms with Crippen LogP contribution in [0.4, 0.5) is 5.69 Å². The lowest BCUT2D eigenvalue weighted by Crippen LogP contribution is -2.00. The topological polar surface area (TPSA) is 49.3 Å². The van der Waals surface area contributed by atoms with E-state index in [2.05, 4.69) is 18.8 Å². The third-order valence-electron chi connectivity index (χ3n) is 3.02. The molecule has 2 N–H and O–H groups in total. The molecule has 84 valence electrons. The second-order valence-electron chi connectivity index (χ2n) is 4.17. The molecule has 0 saturated carbocycles. The molecule has 0 atom stereocenters. The van der Waals surface area contributed by atoms with Crippen LogP contribution in [-0.2, 0) is 17.6 Å². The number of aryl methyl sites for hydroxylation is 1. The number of carboxylic acid groups (broad SMARTS) is 1. The minimum Gasteiger partial charge on any atom is -0.481 e. The van der Waals surface area contributed by atoms with Gasteiger partial charge in [-0.3, -0.25) is 4.79 Å². The molecule has 16 heavy (non-hydrogen) atoms. The molecule has 3 nitrogen and oxygen atoms in total. The average molecular weight is 217 g/mol. The molecular weight excluding hydrogens is 202 g/mol. The monoisotopic (exact) mass is 217 g/mol. The van der Waals surface area contributed by atoms with Crippen LogP contribution in [-0.4, -0.2) is 11.1 Å². The van der Waals surface area contributed by atoms with Crippen LogP contribution >= 0.6 is 0 Å². The summed E-state index contributed by atoms with van der Waals surface area (Å²) in [6, 6.07) is 4.01. The Morgan fingerprint density at radius 2 is 2.31 bits per heavy atom. The van der Waals surface area contributed by atoms with Crippen LogP contribution in [0.25, 0.3) is 0 Å². The Balaban J connectivity index is 2.26. The molecular formula is C13H15NO2. The number of anilines is 1. The maximum Gasteiger partial charge on any atom is 0.303 e. The molecule has 0 spiro atoms. The van der Waals surface area contributed by atoms with Gasteiger partial charge in [-0.25, -0.2) is 0 Å². The van der Waals surface area contributed by atoms with Crippen LogP contribution in [0.15, 0.2) is 24.4 Å². The van der Waals surface area contributed by atoms with Gasteiger partial charge >= 0.3 is 5.97 Å². The van der Waals surface area contributed by atoms with E-state index in [1.807, 2.05) is 12.1 Å². The van der Waals surface area contributed by atoms with Gasteiger partial charge in [-0.15, -0.1) is 0 Å². The number of nitrogens with one attached hydrogen (secondary N) is 1. The summed E-state index contributed by atoms with van der Waals surface area (Å²) < 4.78 is 0. The summed E-state index contributed by atoms with van der Waals surface area (Å²) in [5.74, 6) is -0.748. The maximum absolute atomic E-state index is 10.5. The van der Waals surface area contributed by atoms with E-state index >= 15 is 0 Å². The molecule has 0 aliphatic carbocycles. The first-order chi connectivity index (χ1) is 7.58. The van der Waals surface area contributed by atoms with Crippen molar-refractivity contribution in [2.45, 2.75) is 26.2 Å². The van der Waals surface area contributed by atoms with Gasteiger partial charge in [0.05, 0.1) is 0 Å². The number of rotatable bonds is 3. The summed E-state index contributed by atoms with van der Waals surface area (Å²) in [6.45, 7) is 5.96. The number of aliphatic carboxylic acids is 1. The lowest BCUT2D eigenvalue weighted by molar-refractivity contribution is -0.136. The summed E-state index contributed by atoms with van der Waals surface area (Å²) in [6.07, 6.45) is 1.64. The van der Waals surface area contributed by atoms with Crippen LogP contribution in [0.3, 0.4) is 0 Å². The molecule has 0 radical (unpaired) electrons. The van der Waals surface area contributed by atoms with Gasteiger partial charge in [-0.1, -0.05) is 12.6 Å². The highest BCUT2D eigenvalue weighted by atomic mass is 16.4. The number of carboxylic acids is 1. The molecule has 0 fully saturated rings. The molecule has 3 heteroatoms. The van der Waals surface area contributed by atoms with Gasteiger partial charge in [0.1, 0.15) is 0 Å². The van der Waals surface area contributed by atoms with Crippen LogP contribution in [0.1, 0.15) is 23.1 Å². The van der Waals surface area contributed by atoms with Gasteiger partial charge in [0.15, 0.2) is 0 Å². The van der Waals surface area contributed by atoms with Crippen LogP contribution in [0.5, 0.6) is 0 Å². The Labute approximate surface area is 94.8 Å². The molecule has 0 amide bonds. The Kier molecular flexibility index (Phi) is 2.69. The zero-order valence-corrected chi connectivity index (χ0v) is 9.34. The van der Waals surface area contributed by atoms with Crippen LogP contribution < -0.4 is 5.32 Å². The third kappa shape index (κ3) is 1.94. The number of carbonyl (C=O) groups is 1. The molecule has 1 aromatic rings. The molecule has 0 aromatic heterocycles. The zero-order valence-electron chi connectivity index (χ0n) is 9.34. The van der Waals surface area contributed by atoms with Crippen molar-refractivity contribution in [1.82, 2.24) is 0 Å². The quantitative estimate of drug-likeness (QED) is 0.817. The van der Waals surface area contributed by atoms with Crippen molar-refractivity contribution in [2.24, 2.45) is 0 Å². The van der Waals surface area contributed by atoms with Crippen molar-refractivity contribution in [3.05, 3.63) is 41.1 Å². The molecule has 0 bridgehead atoms. The molecule has 1 aromatic carbocycles. The van der Waals surface area contributed by atoms with Crippen LogP contribution in [0.2, 0.25) is 0 Å². The summed E-state index contributed by atoms with van der Waals surface area (Å²) in [4.78, 5) is 10.5. The first-order valence-electron chi connectivity index (χ1n) is 5.36. The lowest BCUT2D eigenvalue weighted by Gasteiger charge is -2.09. The summed E-state index contributed by atoms with van der Waals surface area (Å²) in [7, 11) is 0. The highest BCUT2D eigenvalue weighted by Crippen LogP contribution is 2.31. The highest BCUT2D eigenvalue weighted by molar-refractivity contribution is 5.68. The minimum atomic E-state index is -0.748. The predicted molar refractivity (Wildman–Crippen MR) is 63.6 cm³/mol. The fraction of sp³-hybridized carbons (Fsp3) is 0.308. The second-order valence-corrected chi connectivity index (χ2v) is 4.17. The second kappa shape index (κ2) is 4.00. The van der Waals surface area contributed by atoms with Gasteiger partial charge in [0.25, 0.3) is 0 Å². The Bertz CT molecular complexity index is 463. The number of hydrogen-bond acceptors (Lipinski definition) is 2. The smallest absolute Gasteiger partial charge is 0.303 e. The Hall–Kier alpha value is -1.77. The normalized spacial score (nSPS) is 13.4. The third-order valence-corrected chi connectivity index (χ3v) is 3.02. The number of allylic oxidation sites excluding steroid dienone is 1. The highest BCUT2D eigenvalue weighted by Gasteiger charge is 2.17. The molecule has 0 unspecified atom stereocenters. The molecule has 0 saturated heterocycles. The number of benzene rings is 1. The van der Waals surface area contributed by atoms with Gasteiger partial charge < -0.3 is 10.4 Å². The van der Waals surface area contributed by atoms with E-state index in [9.17, 15) is 4.79 Å². The molecule has 1 aliphatic heterocycles. The number of hydrogen-bond donors (Lipinski definition) is 2. The lowest BCUT2D eigenvalue weighted by atomic mass is 9.97. The first kappa shape index (κ1) is 10.7. The van der Waals surface area contributed by atoms with E-state index in [0.717, 1.165) is 23.4 Å². The SMILES string of the molecule is C=C1Cc2c(ccc(CCC(=O)O)c2C)N1. The van der Waals surface area contributed by atoms with Crippen molar-refractivity contribution in [3.63, 3.8) is 0 Å². The maximum atomic E-state index is 10.5. The van der Waals surface area contributed by atoms with Gasteiger partial charge in [0.2, 0.25) is 0 Å². The van der Waals surface area contributed by atoms with Crippen molar-refractivity contribution in [1.29, 1.82) is 0 Å². The largest absolute Gasteiger partial charge is 0.481 e. The van der Waals surface area contributed by atoms with Gasteiger partial charge in [-0.05, 0) is 36.1 Å². The van der Waals surface area contributed by atoms with Crippen molar-refractivity contribution >= 4 is 11.7 Å². The fourth-order valence-corrected chi connectivity index (χ4v) is 2.11. The average Bonchev–Trinajstić information content (AvgIpc) is 2.58.